The van der Waals surface area contributed by atoms with Gasteiger partial charge in [0, 0.05) is 24.0 Å². The van der Waals surface area contributed by atoms with Crippen molar-refractivity contribution in [1.82, 2.24) is 14.8 Å². The summed E-state index contributed by atoms with van der Waals surface area (Å²) in [6.07, 6.45) is 1.63. The number of rotatable bonds is 5. The van der Waals surface area contributed by atoms with E-state index in [0.29, 0.717) is 25.3 Å². The molecule has 0 spiro atoms. The molecule has 19 heavy (non-hydrogen) atoms. The maximum absolute atomic E-state index is 11.9. The van der Waals surface area contributed by atoms with Crippen LogP contribution >= 0.6 is 11.3 Å². The van der Waals surface area contributed by atoms with Gasteiger partial charge in [-0.15, -0.1) is 11.3 Å². The molecule has 7 heteroatoms. The average molecular weight is 279 g/mol. The van der Waals surface area contributed by atoms with Crippen molar-refractivity contribution in [3.8, 4) is 0 Å². The van der Waals surface area contributed by atoms with Crippen LogP contribution in [-0.4, -0.2) is 27.9 Å². The summed E-state index contributed by atoms with van der Waals surface area (Å²) in [6, 6.07) is 1.52. The second kappa shape index (κ2) is 5.94. The minimum atomic E-state index is -0.146. The van der Waals surface area contributed by atoms with Crippen molar-refractivity contribution in [2.45, 2.75) is 20.4 Å². The lowest BCUT2D eigenvalue weighted by molar-refractivity contribution is 0.636. The molecule has 0 bridgehead atoms. The fourth-order valence-electron chi connectivity index (χ4n) is 1.60. The zero-order chi connectivity index (χ0) is 13.8. The Labute approximate surface area is 115 Å². The molecule has 0 aromatic carbocycles. The molecule has 102 valence electrons. The Balaban J connectivity index is 2.15. The normalized spacial score (nSPS) is 10.7. The number of aryl methyl sites for hydroxylation is 2. The van der Waals surface area contributed by atoms with Crippen LogP contribution in [0, 0.1) is 13.8 Å². The van der Waals surface area contributed by atoms with Gasteiger partial charge in [-0.25, -0.2) is 9.67 Å². The summed E-state index contributed by atoms with van der Waals surface area (Å²) in [5.41, 5.74) is 6.95. The van der Waals surface area contributed by atoms with Crippen molar-refractivity contribution in [3.05, 3.63) is 38.2 Å². The monoisotopic (exact) mass is 279 g/mol. The maximum Gasteiger partial charge on any atom is 0.269 e. The smallest absolute Gasteiger partial charge is 0.269 e. The van der Waals surface area contributed by atoms with Crippen LogP contribution in [0.25, 0.3) is 0 Å². The Kier molecular flexibility index (Phi) is 4.28. The molecule has 0 saturated heterocycles. The molecule has 0 aliphatic heterocycles. The summed E-state index contributed by atoms with van der Waals surface area (Å²) in [6.45, 7) is 5.53. The third kappa shape index (κ3) is 3.39. The first-order chi connectivity index (χ1) is 9.10. The van der Waals surface area contributed by atoms with E-state index in [-0.39, 0.29) is 5.56 Å². The number of anilines is 1. The summed E-state index contributed by atoms with van der Waals surface area (Å²) in [5, 5.41) is 8.05. The summed E-state index contributed by atoms with van der Waals surface area (Å²) < 4.78 is 1.41. The molecule has 2 aromatic rings. The minimum absolute atomic E-state index is 0.146. The highest BCUT2D eigenvalue weighted by atomic mass is 32.1. The third-order valence-electron chi connectivity index (χ3n) is 2.70. The molecule has 0 atom stereocenters. The van der Waals surface area contributed by atoms with Crippen LogP contribution in [0.1, 0.15) is 15.6 Å². The van der Waals surface area contributed by atoms with E-state index in [4.69, 9.17) is 5.73 Å². The number of nitrogens with two attached hydrogens (primary N) is 1. The second-order valence-electron chi connectivity index (χ2n) is 4.20. The van der Waals surface area contributed by atoms with Gasteiger partial charge >= 0.3 is 0 Å². The largest absolute Gasteiger partial charge is 0.382 e. The molecule has 6 nitrogen and oxygen atoms in total. The number of hydrogen-bond donors (Lipinski definition) is 2. The molecule has 2 rings (SSSR count). The van der Waals surface area contributed by atoms with E-state index < -0.39 is 0 Å². The van der Waals surface area contributed by atoms with Gasteiger partial charge in [0.25, 0.3) is 5.56 Å². The van der Waals surface area contributed by atoms with E-state index >= 15 is 0 Å². The third-order valence-corrected chi connectivity index (χ3v) is 3.76. The summed E-state index contributed by atoms with van der Waals surface area (Å²) in [7, 11) is 0. The highest BCUT2D eigenvalue weighted by molar-refractivity contribution is 7.11. The van der Waals surface area contributed by atoms with Gasteiger partial charge in [-0.1, -0.05) is 0 Å². The van der Waals surface area contributed by atoms with Crippen molar-refractivity contribution in [2.24, 2.45) is 5.73 Å². The Morgan fingerprint density at radius 3 is 2.84 bits per heavy atom. The Morgan fingerprint density at radius 1 is 1.47 bits per heavy atom. The molecule has 3 N–H and O–H groups in total. The van der Waals surface area contributed by atoms with E-state index in [9.17, 15) is 4.79 Å². The number of nitrogens with one attached hydrogen (secondary N) is 1. The quantitative estimate of drug-likeness (QED) is 0.843. The van der Waals surface area contributed by atoms with Gasteiger partial charge in [0.05, 0.1) is 24.1 Å². The highest BCUT2D eigenvalue weighted by Crippen LogP contribution is 2.16. The van der Waals surface area contributed by atoms with Crippen molar-refractivity contribution in [1.29, 1.82) is 0 Å². The van der Waals surface area contributed by atoms with Gasteiger partial charge in [0.15, 0.2) is 0 Å². The summed E-state index contributed by atoms with van der Waals surface area (Å²) in [5.74, 6) is 0. The van der Waals surface area contributed by atoms with Crippen LogP contribution in [0.5, 0.6) is 0 Å². The van der Waals surface area contributed by atoms with Gasteiger partial charge in [-0.05, 0) is 13.8 Å². The van der Waals surface area contributed by atoms with Gasteiger partial charge < -0.3 is 11.1 Å². The number of hydrogen-bond acceptors (Lipinski definition) is 6. The molecule has 0 unspecified atom stereocenters. The lowest BCUT2D eigenvalue weighted by Gasteiger charge is -2.05. The fraction of sp³-hybridized carbons (Fsp3) is 0.417. The van der Waals surface area contributed by atoms with Gasteiger partial charge in [0.2, 0.25) is 0 Å². The summed E-state index contributed by atoms with van der Waals surface area (Å²) >= 11 is 1.59. The molecule has 0 saturated carbocycles. The maximum atomic E-state index is 11.9. The van der Waals surface area contributed by atoms with E-state index in [0.717, 1.165) is 10.7 Å². The summed E-state index contributed by atoms with van der Waals surface area (Å²) in [4.78, 5) is 17.5. The average Bonchev–Trinajstić information content (AvgIpc) is 2.69. The van der Waals surface area contributed by atoms with Crippen LogP contribution in [0.2, 0.25) is 0 Å². The molecule has 0 aliphatic rings. The Hall–Kier alpha value is -1.73. The predicted molar refractivity (Wildman–Crippen MR) is 76.7 cm³/mol. The van der Waals surface area contributed by atoms with Gasteiger partial charge in [-0.3, -0.25) is 4.79 Å². The standard InChI is InChI=1S/C12H17N5OS/c1-8-9(2)19-11(16-8)7-17-12(18)5-10(6-15-17)14-4-3-13/h5-6,14H,3-4,7,13H2,1-2H3. The fourth-order valence-corrected chi connectivity index (χ4v) is 2.52. The molecule has 2 heterocycles. The van der Waals surface area contributed by atoms with Crippen LogP contribution in [0.3, 0.4) is 0 Å². The molecular formula is C12H17N5OS. The minimum Gasteiger partial charge on any atom is -0.382 e. The molecule has 0 aliphatic carbocycles. The zero-order valence-electron chi connectivity index (χ0n) is 11.0. The topological polar surface area (TPSA) is 85.8 Å². The predicted octanol–water partition coefficient (Wildman–Crippen LogP) is 0.736. The molecule has 0 fully saturated rings. The molecular weight excluding hydrogens is 262 g/mol. The highest BCUT2D eigenvalue weighted by Gasteiger charge is 2.06. The lowest BCUT2D eigenvalue weighted by atomic mass is 10.4. The van der Waals surface area contributed by atoms with E-state index in [1.807, 2.05) is 13.8 Å². The van der Waals surface area contributed by atoms with Crippen LogP contribution in [0.15, 0.2) is 17.1 Å². The van der Waals surface area contributed by atoms with Gasteiger partial charge in [0.1, 0.15) is 5.01 Å². The molecule has 0 radical (unpaired) electrons. The number of thiazole rings is 1. The van der Waals surface area contributed by atoms with Gasteiger partial charge in [-0.2, -0.15) is 5.10 Å². The van der Waals surface area contributed by atoms with E-state index in [1.165, 1.54) is 15.6 Å². The van der Waals surface area contributed by atoms with E-state index in [2.05, 4.69) is 15.4 Å². The van der Waals surface area contributed by atoms with Crippen molar-refractivity contribution in [3.63, 3.8) is 0 Å². The first kappa shape index (κ1) is 13.7. The molecule has 0 amide bonds. The van der Waals surface area contributed by atoms with Crippen molar-refractivity contribution >= 4 is 17.0 Å². The van der Waals surface area contributed by atoms with Crippen LogP contribution in [0.4, 0.5) is 5.69 Å². The second-order valence-corrected chi connectivity index (χ2v) is 5.49. The number of nitrogens with zero attached hydrogens (tertiary/aromatic N) is 3. The SMILES string of the molecule is Cc1nc(Cn2ncc(NCCN)cc2=O)sc1C. The number of aromatic nitrogens is 3. The first-order valence-corrected chi connectivity index (χ1v) is 6.86. The lowest BCUT2D eigenvalue weighted by Crippen LogP contribution is -2.24. The van der Waals surface area contributed by atoms with Crippen molar-refractivity contribution < 1.29 is 0 Å². The first-order valence-electron chi connectivity index (χ1n) is 6.04. The van der Waals surface area contributed by atoms with Crippen LogP contribution < -0.4 is 16.6 Å². The van der Waals surface area contributed by atoms with Crippen LogP contribution in [-0.2, 0) is 6.54 Å². The van der Waals surface area contributed by atoms with Crippen molar-refractivity contribution in [2.75, 3.05) is 18.4 Å². The Bertz CT molecular complexity index is 599. The molecule has 2 aromatic heterocycles. The Morgan fingerprint density at radius 2 is 2.26 bits per heavy atom. The van der Waals surface area contributed by atoms with E-state index in [1.54, 1.807) is 17.5 Å². The zero-order valence-corrected chi connectivity index (χ0v) is 11.8.